The van der Waals surface area contributed by atoms with Gasteiger partial charge in [-0.3, -0.25) is 4.79 Å². The number of anilines is 1. The third kappa shape index (κ3) is 4.69. The molecule has 7 heteroatoms. The molecule has 0 aliphatic carbocycles. The quantitative estimate of drug-likeness (QED) is 0.798. The number of halogens is 1. The Labute approximate surface area is 163 Å². The molecule has 3 rings (SSSR count). The maximum Gasteiger partial charge on any atom is 0.217 e. The Kier molecular flexibility index (Phi) is 5.82. The topological polar surface area (TPSA) is 78.2 Å². The smallest absolute Gasteiger partial charge is 0.217 e. The lowest BCUT2D eigenvalue weighted by molar-refractivity contribution is -0.119. The molecule has 0 saturated carbocycles. The van der Waals surface area contributed by atoms with Crippen molar-refractivity contribution in [1.29, 1.82) is 5.26 Å². The predicted octanol–water partition coefficient (Wildman–Crippen LogP) is 3.46. The highest BCUT2D eigenvalue weighted by Gasteiger charge is 2.26. The van der Waals surface area contributed by atoms with Gasteiger partial charge in [0.1, 0.15) is 23.1 Å². The minimum absolute atomic E-state index is 0.0297. The van der Waals surface area contributed by atoms with Crippen molar-refractivity contribution in [2.75, 3.05) is 18.0 Å². The van der Waals surface area contributed by atoms with Gasteiger partial charge in [-0.15, -0.1) is 0 Å². The standard InChI is InChI=1S/C20H21ClN4O2/c1-13(24-14(2)26)15-3-5-17(6-4-15)27-18-7-8-25(12-18)19-9-20(21)23-11-16(19)10-22/h3-6,9,11,13,18H,7-8,12H2,1-2H3,(H,24,26)/t13-,18+/m0/s1. The summed E-state index contributed by atoms with van der Waals surface area (Å²) in [6.45, 7) is 4.92. The summed E-state index contributed by atoms with van der Waals surface area (Å²) in [5.41, 5.74) is 2.33. The fourth-order valence-corrected chi connectivity index (χ4v) is 3.38. The van der Waals surface area contributed by atoms with Crippen LogP contribution in [0.5, 0.6) is 5.75 Å². The highest BCUT2D eigenvalue weighted by atomic mass is 35.5. The lowest BCUT2D eigenvalue weighted by atomic mass is 10.1. The van der Waals surface area contributed by atoms with Crippen molar-refractivity contribution in [2.45, 2.75) is 32.4 Å². The molecule has 2 aromatic rings. The molecular formula is C20H21ClN4O2. The Morgan fingerprint density at radius 1 is 1.44 bits per heavy atom. The molecule has 1 amide bonds. The van der Waals surface area contributed by atoms with E-state index in [-0.39, 0.29) is 18.1 Å². The highest BCUT2D eigenvalue weighted by Crippen LogP contribution is 2.28. The van der Waals surface area contributed by atoms with Gasteiger partial charge in [-0.05, 0) is 24.6 Å². The first-order valence-electron chi connectivity index (χ1n) is 8.80. The lowest BCUT2D eigenvalue weighted by Gasteiger charge is -2.20. The number of nitriles is 1. The van der Waals surface area contributed by atoms with Crippen molar-refractivity contribution in [3.8, 4) is 11.8 Å². The Morgan fingerprint density at radius 2 is 2.19 bits per heavy atom. The number of ether oxygens (including phenoxy) is 1. The number of hydrogen-bond acceptors (Lipinski definition) is 5. The van der Waals surface area contributed by atoms with E-state index in [2.05, 4.69) is 21.3 Å². The molecule has 1 aromatic heterocycles. The molecule has 0 unspecified atom stereocenters. The average molecular weight is 385 g/mol. The number of aromatic nitrogens is 1. The van der Waals surface area contributed by atoms with Crippen LogP contribution in [-0.2, 0) is 4.79 Å². The van der Waals surface area contributed by atoms with E-state index >= 15 is 0 Å². The van der Waals surface area contributed by atoms with Crippen LogP contribution in [0.15, 0.2) is 36.5 Å². The molecule has 1 aliphatic rings. The normalized spacial score (nSPS) is 17.3. The van der Waals surface area contributed by atoms with E-state index in [1.54, 1.807) is 6.07 Å². The van der Waals surface area contributed by atoms with Crippen molar-refractivity contribution in [2.24, 2.45) is 0 Å². The SMILES string of the molecule is CC(=O)N[C@@H](C)c1ccc(O[C@@H]2CCN(c3cc(Cl)ncc3C#N)C2)cc1. The van der Waals surface area contributed by atoms with Crippen molar-refractivity contribution < 1.29 is 9.53 Å². The van der Waals surface area contributed by atoms with Gasteiger partial charge >= 0.3 is 0 Å². The number of carbonyl (C=O) groups is 1. The van der Waals surface area contributed by atoms with Gasteiger partial charge in [0.2, 0.25) is 5.91 Å². The molecule has 6 nitrogen and oxygen atoms in total. The molecule has 1 saturated heterocycles. The van der Waals surface area contributed by atoms with Crippen LogP contribution in [0.1, 0.15) is 37.4 Å². The number of amides is 1. The summed E-state index contributed by atoms with van der Waals surface area (Å²) in [7, 11) is 0. The van der Waals surface area contributed by atoms with E-state index in [4.69, 9.17) is 16.3 Å². The minimum atomic E-state index is -0.0539. The number of nitrogens with one attached hydrogen (secondary N) is 1. The summed E-state index contributed by atoms with van der Waals surface area (Å²) in [6.07, 6.45) is 2.39. The maximum absolute atomic E-state index is 11.2. The second kappa shape index (κ2) is 8.28. The predicted molar refractivity (Wildman–Crippen MR) is 104 cm³/mol. The van der Waals surface area contributed by atoms with Crippen LogP contribution in [0.2, 0.25) is 5.15 Å². The Balaban J connectivity index is 1.63. The van der Waals surface area contributed by atoms with Crippen molar-refractivity contribution >= 4 is 23.2 Å². The van der Waals surface area contributed by atoms with Crippen molar-refractivity contribution in [1.82, 2.24) is 10.3 Å². The number of pyridine rings is 1. The molecule has 0 spiro atoms. The summed E-state index contributed by atoms with van der Waals surface area (Å²) in [4.78, 5) is 17.2. The lowest BCUT2D eigenvalue weighted by Crippen LogP contribution is -2.25. The van der Waals surface area contributed by atoms with E-state index < -0.39 is 0 Å². The van der Waals surface area contributed by atoms with E-state index in [0.29, 0.717) is 17.3 Å². The number of nitrogens with zero attached hydrogens (tertiary/aromatic N) is 3. The van der Waals surface area contributed by atoms with Crippen LogP contribution in [0, 0.1) is 11.3 Å². The third-order valence-corrected chi connectivity index (χ3v) is 4.76. The molecule has 2 heterocycles. The van der Waals surface area contributed by atoms with Crippen LogP contribution in [-0.4, -0.2) is 30.1 Å². The first kappa shape index (κ1) is 19.0. The van der Waals surface area contributed by atoms with Gasteiger partial charge in [-0.1, -0.05) is 23.7 Å². The molecule has 27 heavy (non-hydrogen) atoms. The zero-order chi connectivity index (χ0) is 19.4. The highest BCUT2D eigenvalue weighted by molar-refractivity contribution is 6.29. The van der Waals surface area contributed by atoms with E-state index in [1.807, 2.05) is 31.2 Å². The number of benzene rings is 1. The maximum atomic E-state index is 11.2. The van der Waals surface area contributed by atoms with Gasteiger partial charge in [0.25, 0.3) is 0 Å². The Morgan fingerprint density at radius 3 is 2.85 bits per heavy atom. The number of rotatable bonds is 5. The van der Waals surface area contributed by atoms with Gasteiger partial charge in [-0.25, -0.2) is 4.98 Å². The zero-order valence-corrected chi connectivity index (χ0v) is 16.0. The Bertz CT molecular complexity index is 863. The molecule has 2 atom stereocenters. The third-order valence-electron chi connectivity index (χ3n) is 4.56. The number of hydrogen-bond donors (Lipinski definition) is 1. The number of carbonyl (C=O) groups excluding carboxylic acids is 1. The molecule has 0 bridgehead atoms. The molecular weight excluding hydrogens is 364 g/mol. The van der Waals surface area contributed by atoms with E-state index in [0.717, 1.165) is 30.0 Å². The fourth-order valence-electron chi connectivity index (χ4n) is 3.23. The van der Waals surface area contributed by atoms with Crippen LogP contribution in [0.4, 0.5) is 5.69 Å². The van der Waals surface area contributed by atoms with Gasteiger partial charge in [0.05, 0.1) is 23.8 Å². The zero-order valence-electron chi connectivity index (χ0n) is 15.3. The van der Waals surface area contributed by atoms with Gasteiger partial charge in [0.15, 0.2) is 0 Å². The molecule has 140 valence electrons. The fraction of sp³-hybridized carbons (Fsp3) is 0.350. The minimum Gasteiger partial charge on any atom is -0.489 e. The van der Waals surface area contributed by atoms with E-state index in [9.17, 15) is 10.1 Å². The molecule has 0 radical (unpaired) electrons. The Hall–Kier alpha value is -2.78. The van der Waals surface area contributed by atoms with Crippen molar-refractivity contribution in [3.63, 3.8) is 0 Å². The molecule has 1 aliphatic heterocycles. The second-order valence-corrected chi connectivity index (χ2v) is 6.99. The van der Waals surface area contributed by atoms with Crippen LogP contribution >= 0.6 is 11.6 Å². The molecule has 1 N–H and O–H groups in total. The monoisotopic (exact) mass is 384 g/mol. The summed E-state index contributed by atoms with van der Waals surface area (Å²) in [5, 5.41) is 12.5. The van der Waals surface area contributed by atoms with Crippen LogP contribution < -0.4 is 15.0 Å². The van der Waals surface area contributed by atoms with E-state index in [1.165, 1.54) is 13.1 Å². The van der Waals surface area contributed by atoms with Gasteiger partial charge in [0, 0.05) is 32.2 Å². The first-order chi connectivity index (χ1) is 13.0. The van der Waals surface area contributed by atoms with Crippen LogP contribution in [0.25, 0.3) is 0 Å². The van der Waals surface area contributed by atoms with Crippen molar-refractivity contribution in [3.05, 3.63) is 52.8 Å². The summed E-state index contributed by atoms with van der Waals surface area (Å²) in [5.74, 6) is 0.732. The molecule has 1 aromatic carbocycles. The molecule has 1 fully saturated rings. The summed E-state index contributed by atoms with van der Waals surface area (Å²) < 4.78 is 6.09. The summed E-state index contributed by atoms with van der Waals surface area (Å²) in [6, 6.07) is 11.6. The van der Waals surface area contributed by atoms with Crippen LogP contribution in [0.3, 0.4) is 0 Å². The largest absolute Gasteiger partial charge is 0.489 e. The average Bonchev–Trinajstić information content (AvgIpc) is 3.10. The summed E-state index contributed by atoms with van der Waals surface area (Å²) >= 11 is 5.99. The van der Waals surface area contributed by atoms with Gasteiger partial charge < -0.3 is 15.0 Å². The second-order valence-electron chi connectivity index (χ2n) is 6.60. The first-order valence-corrected chi connectivity index (χ1v) is 9.18. The van der Waals surface area contributed by atoms with Gasteiger partial charge in [-0.2, -0.15) is 5.26 Å².